The van der Waals surface area contributed by atoms with Crippen LogP contribution in [0.3, 0.4) is 0 Å². The first-order valence-corrected chi connectivity index (χ1v) is 2.79. The zero-order valence-corrected chi connectivity index (χ0v) is 6.14. The summed E-state index contributed by atoms with van der Waals surface area (Å²) in [6.07, 6.45) is 0. The van der Waals surface area contributed by atoms with Gasteiger partial charge in [0, 0.05) is 12.6 Å². The molecule has 0 aliphatic rings. The Morgan fingerprint density at radius 1 is 1.60 bits per heavy atom. The summed E-state index contributed by atoms with van der Waals surface area (Å²) >= 11 is 0. The molecule has 0 saturated heterocycles. The summed E-state index contributed by atoms with van der Waals surface area (Å²) in [6.45, 7) is 6.46. The van der Waals surface area contributed by atoms with Crippen molar-refractivity contribution in [3.05, 3.63) is 12.3 Å². The fourth-order valence-electron chi connectivity index (χ4n) is 0.234. The van der Waals surface area contributed by atoms with Crippen LogP contribution in [0.15, 0.2) is 17.4 Å². The van der Waals surface area contributed by atoms with E-state index in [2.05, 4.69) is 17.1 Å². The van der Waals surface area contributed by atoms with Gasteiger partial charge in [0.1, 0.15) is 0 Å². The van der Waals surface area contributed by atoms with Crippen molar-refractivity contribution in [3.63, 3.8) is 0 Å². The topological polar surface area (TPSA) is 67.5 Å². The van der Waals surface area contributed by atoms with Gasteiger partial charge in [0.2, 0.25) is 5.91 Å². The molecule has 4 heteroatoms. The Hall–Kier alpha value is -1.32. The molecule has 0 fully saturated rings. The van der Waals surface area contributed by atoms with Gasteiger partial charge in [0.05, 0.1) is 5.71 Å². The molecule has 4 nitrogen and oxygen atoms in total. The molecule has 0 saturated carbocycles. The van der Waals surface area contributed by atoms with Crippen LogP contribution in [0.1, 0.15) is 13.8 Å². The summed E-state index contributed by atoms with van der Waals surface area (Å²) in [4.78, 5) is 10.3. The SMILES string of the molecule is C=C(N)/C(C)=N\NC(C)=O. The molecule has 0 aromatic rings. The predicted octanol–water partition coefficient (Wildman–Crippen LogP) is -0.0292. The van der Waals surface area contributed by atoms with Gasteiger partial charge in [-0.2, -0.15) is 5.10 Å². The normalized spacial score (nSPS) is 10.8. The average Bonchev–Trinajstić information content (AvgIpc) is 1.82. The Labute approximate surface area is 59.8 Å². The number of nitrogens with two attached hydrogens (primary N) is 1. The minimum atomic E-state index is -0.222. The highest BCUT2D eigenvalue weighted by atomic mass is 16.2. The van der Waals surface area contributed by atoms with Gasteiger partial charge in [-0.1, -0.05) is 6.58 Å². The van der Waals surface area contributed by atoms with Gasteiger partial charge >= 0.3 is 0 Å². The van der Waals surface area contributed by atoms with Crippen LogP contribution >= 0.6 is 0 Å². The number of nitrogens with one attached hydrogen (secondary N) is 1. The van der Waals surface area contributed by atoms with Gasteiger partial charge in [0.15, 0.2) is 0 Å². The molecule has 0 aromatic heterocycles. The molecular weight excluding hydrogens is 130 g/mol. The molecule has 0 radical (unpaired) electrons. The molecule has 0 aliphatic heterocycles. The van der Waals surface area contributed by atoms with Crippen LogP contribution in [0.4, 0.5) is 0 Å². The minimum absolute atomic E-state index is 0.222. The number of hydrazone groups is 1. The van der Waals surface area contributed by atoms with Gasteiger partial charge in [-0.3, -0.25) is 4.79 Å². The average molecular weight is 141 g/mol. The number of allylic oxidation sites excluding steroid dienone is 1. The molecule has 0 heterocycles. The Balaban J connectivity index is 3.92. The third-order valence-corrected chi connectivity index (χ3v) is 0.846. The van der Waals surface area contributed by atoms with Crippen molar-refractivity contribution in [1.29, 1.82) is 0 Å². The number of amides is 1. The van der Waals surface area contributed by atoms with Crippen molar-refractivity contribution in [2.45, 2.75) is 13.8 Å². The van der Waals surface area contributed by atoms with E-state index in [9.17, 15) is 4.79 Å². The quantitative estimate of drug-likeness (QED) is 0.419. The highest BCUT2D eigenvalue weighted by Crippen LogP contribution is 1.81. The maximum absolute atomic E-state index is 10.3. The first-order valence-electron chi connectivity index (χ1n) is 2.79. The van der Waals surface area contributed by atoms with Crippen molar-refractivity contribution in [2.75, 3.05) is 0 Å². The number of hydrogen-bond acceptors (Lipinski definition) is 3. The number of rotatable bonds is 2. The standard InChI is InChI=1S/C6H11N3O/c1-4(7)5(2)8-9-6(3)10/h1,7H2,2-3H3,(H,9,10)/b8-5-. The number of nitrogens with zero attached hydrogens (tertiary/aromatic N) is 1. The van der Waals surface area contributed by atoms with Gasteiger partial charge < -0.3 is 5.73 Å². The Bertz CT molecular complexity index is 183. The van der Waals surface area contributed by atoms with Crippen LogP contribution in [-0.4, -0.2) is 11.6 Å². The zero-order valence-electron chi connectivity index (χ0n) is 6.14. The third kappa shape index (κ3) is 3.65. The van der Waals surface area contributed by atoms with Crippen molar-refractivity contribution in [1.82, 2.24) is 5.43 Å². The van der Waals surface area contributed by atoms with E-state index in [0.717, 1.165) is 0 Å². The molecule has 0 unspecified atom stereocenters. The number of carbonyl (C=O) groups is 1. The van der Waals surface area contributed by atoms with E-state index in [0.29, 0.717) is 11.4 Å². The summed E-state index contributed by atoms with van der Waals surface area (Å²) in [5, 5.41) is 3.62. The molecular formula is C6H11N3O. The minimum Gasteiger partial charge on any atom is -0.398 e. The lowest BCUT2D eigenvalue weighted by atomic mass is 10.3. The Morgan fingerprint density at radius 3 is 2.40 bits per heavy atom. The summed E-state index contributed by atoms with van der Waals surface area (Å²) in [5.74, 6) is -0.222. The fraction of sp³-hybridized carbons (Fsp3) is 0.333. The fourth-order valence-corrected chi connectivity index (χ4v) is 0.234. The van der Waals surface area contributed by atoms with Gasteiger partial charge in [-0.15, -0.1) is 0 Å². The molecule has 0 aliphatic carbocycles. The third-order valence-electron chi connectivity index (χ3n) is 0.846. The van der Waals surface area contributed by atoms with E-state index in [4.69, 9.17) is 5.73 Å². The monoisotopic (exact) mass is 141 g/mol. The molecule has 0 rings (SSSR count). The van der Waals surface area contributed by atoms with Gasteiger partial charge in [-0.25, -0.2) is 5.43 Å². The molecule has 3 N–H and O–H groups in total. The second-order valence-corrected chi connectivity index (χ2v) is 1.89. The predicted molar refractivity (Wildman–Crippen MR) is 40.3 cm³/mol. The maximum Gasteiger partial charge on any atom is 0.236 e. The van der Waals surface area contributed by atoms with Gasteiger partial charge in [0.25, 0.3) is 0 Å². The highest BCUT2D eigenvalue weighted by molar-refractivity contribution is 5.97. The first-order chi connectivity index (χ1) is 4.54. The summed E-state index contributed by atoms with van der Waals surface area (Å²) in [7, 11) is 0. The van der Waals surface area contributed by atoms with Crippen LogP contribution in [0, 0.1) is 0 Å². The molecule has 56 valence electrons. The van der Waals surface area contributed by atoms with E-state index in [-0.39, 0.29) is 5.91 Å². The summed E-state index contributed by atoms with van der Waals surface area (Å²) in [6, 6.07) is 0. The largest absolute Gasteiger partial charge is 0.398 e. The van der Waals surface area contributed by atoms with Crippen LogP contribution in [0.2, 0.25) is 0 Å². The van der Waals surface area contributed by atoms with E-state index in [1.165, 1.54) is 6.92 Å². The van der Waals surface area contributed by atoms with Crippen molar-refractivity contribution >= 4 is 11.6 Å². The van der Waals surface area contributed by atoms with Crippen molar-refractivity contribution < 1.29 is 4.79 Å². The lowest BCUT2D eigenvalue weighted by Gasteiger charge is -1.96. The highest BCUT2D eigenvalue weighted by Gasteiger charge is 1.91. The zero-order chi connectivity index (χ0) is 8.15. The van der Waals surface area contributed by atoms with E-state index < -0.39 is 0 Å². The second kappa shape index (κ2) is 3.66. The molecule has 0 bridgehead atoms. The van der Waals surface area contributed by atoms with Crippen LogP contribution in [0.5, 0.6) is 0 Å². The molecule has 0 aromatic carbocycles. The van der Waals surface area contributed by atoms with Crippen molar-refractivity contribution in [2.24, 2.45) is 10.8 Å². The van der Waals surface area contributed by atoms with E-state index in [1.54, 1.807) is 6.92 Å². The van der Waals surface area contributed by atoms with Crippen LogP contribution < -0.4 is 11.2 Å². The Morgan fingerprint density at radius 2 is 2.10 bits per heavy atom. The van der Waals surface area contributed by atoms with Crippen LogP contribution in [0.25, 0.3) is 0 Å². The summed E-state index contributed by atoms with van der Waals surface area (Å²) in [5.41, 5.74) is 8.36. The second-order valence-electron chi connectivity index (χ2n) is 1.89. The first kappa shape index (κ1) is 8.68. The molecule has 0 atom stereocenters. The number of hydrogen-bond donors (Lipinski definition) is 2. The van der Waals surface area contributed by atoms with E-state index >= 15 is 0 Å². The molecule has 10 heavy (non-hydrogen) atoms. The number of carbonyl (C=O) groups excluding carboxylic acids is 1. The maximum atomic E-state index is 10.3. The van der Waals surface area contributed by atoms with Crippen LogP contribution in [-0.2, 0) is 4.79 Å². The van der Waals surface area contributed by atoms with Gasteiger partial charge in [-0.05, 0) is 6.92 Å². The Kier molecular flexibility index (Phi) is 3.17. The lowest BCUT2D eigenvalue weighted by Crippen LogP contribution is -2.17. The summed E-state index contributed by atoms with van der Waals surface area (Å²) < 4.78 is 0. The smallest absolute Gasteiger partial charge is 0.236 e. The molecule has 1 amide bonds. The van der Waals surface area contributed by atoms with Crippen molar-refractivity contribution in [3.8, 4) is 0 Å². The van der Waals surface area contributed by atoms with E-state index in [1.807, 2.05) is 0 Å². The molecule has 0 spiro atoms. The lowest BCUT2D eigenvalue weighted by molar-refractivity contribution is -0.118.